The van der Waals surface area contributed by atoms with Crippen molar-refractivity contribution in [2.45, 2.75) is 6.61 Å². The van der Waals surface area contributed by atoms with E-state index in [1.54, 1.807) is 7.11 Å². The second-order valence-electron chi connectivity index (χ2n) is 4.54. The van der Waals surface area contributed by atoms with Crippen molar-refractivity contribution in [3.05, 3.63) is 54.2 Å². The van der Waals surface area contributed by atoms with Crippen LogP contribution in [0.15, 0.2) is 48.5 Å². The number of H-pyrrole nitrogens is 1. The van der Waals surface area contributed by atoms with Crippen LogP contribution in [-0.4, -0.2) is 12.1 Å². The zero-order chi connectivity index (χ0) is 13.9. The summed E-state index contributed by atoms with van der Waals surface area (Å²) in [6, 6.07) is 15.4. The fourth-order valence-electron chi connectivity index (χ4n) is 2.21. The smallest absolute Gasteiger partial charge is 0.161 e. The lowest BCUT2D eigenvalue weighted by atomic mass is 10.2. The first-order valence-electron chi connectivity index (χ1n) is 6.40. The number of rotatable bonds is 4. The molecule has 0 atom stereocenters. The summed E-state index contributed by atoms with van der Waals surface area (Å²) < 4.78 is 11.0. The zero-order valence-corrected chi connectivity index (χ0v) is 11.2. The number of hydrogen-bond acceptors (Lipinski definition) is 3. The molecule has 4 heteroatoms. The van der Waals surface area contributed by atoms with Gasteiger partial charge in [0.2, 0.25) is 0 Å². The molecule has 3 rings (SSSR count). The van der Waals surface area contributed by atoms with Crippen LogP contribution in [0.5, 0.6) is 11.5 Å². The van der Waals surface area contributed by atoms with Gasteiger partial charge in [0, 0.05) is 16.6 Å². The van der Waals surface area contributed by atoms with Gasteiger partial charge in [-0.2, -0.15) is 0 Å². The highest BCUT2D eigenvalue weighted by Crippen LogP contribution is 2.27. The van der Waals surface area contributed by atoms with Gasteiger partial charge in [0.15, 0.2) is 11.5 Å². The van der Waals surface area contributed by atoms with E-state index in [-0.39, 0.29) is 0 Å². The van der Waals surface area contributed by atoms with E-state index in [0.717, 1.165) is 33.8 Å². The lowest BCUT2D eigenvalue weighted by Crippen LogP contribution is -1.97. The van der Waals surface area contributed by atoms with Crippen LogP contribution < -0.4 is 15.2 Å². The standard InChI is InChI=1S/C16H16N2O2/c1-19-15-7-2-3-8-16(15)20-10-11-9-12-13(17)5-4-6-14(12)18-11/h2-9,18H,10,17H2,1H3. The van der Waals surface area contributed by atoms with Gasteiger partial charge in [-0.15, -0.1) is 0 Å². The quantitative estimate of drug-likeness (QED) is 0.713. The zero-order valence-electron chi connectivity index (χ0n) is 11.2. The van der Waals surface area contributed by atoms with Crippen molar-refractivity contribution in [2.75, 3.05) is 12.8 Å². The van der Waals surface area contributed by atoms with E-state index < -0.39 is 0 Å². The molecule has 1 aromatic heterocycles. The molecule has 0 aliphatic heterocycles. The van der Waals surface area contributed by atoms with Gasteiger partial charge in [0.1, 0.15) is 6.61 Å². The van der Waals surface area contributed by atoms with E-state index >= 15 is 0 Å². The first-order valence-corrected chi connectivity index (χ1v) is 6.40. The van der Waals surface area contributed by atoms with E-state index in [1.807, 2.05) is 48.5 Å². The average Bonchev–Trinajstić information content (AvgIpc) is 2.90. The maximum atomic E-state index is 5.94. The van der Waals surface area contributed by atoms with Gasteiger partial charge in [-0.1, -0.05) is 18.2 Å². The molecule has 3 N–H and O–H groups in total. The molecule has 0 radical (unpaired) electrons. The van der Waals surface area contributed by atoms with Gasteiger partial charge in [-0.3, -0.25) is 0 Å². The maximum absolute atomic E-state index is 5.94. The summed E-state index contributed by atoms with van der Waals surface area (Å²) in [4.78, 5) is 3.30. The van der Waals surface area contributed by atoms with Crippen molar-refractivity contribution >= 4 is 16.6 Å². The Bertz CT molecular complexity index is 734. The molecule has 1 heterocycles. The summed E-state index contributed by atoms with van der Waals surface area (Å²) in [5.41, 5.74) is 8.70. The SMILES string of the molecule is COc1ccccc1OCc1cc2c(N)cccc2[nH]1. The van der Waals surface area contributed by atoms with Crippen molar-refractivity contribution in [3.8, 4) is 11.5 Å². The normalized spacial score (nSPS) is 10.7. The Morgan fingerprint density at radius 1 is 1.05 bits per heavy atom. The van der Waals surface area contributed by atoms with Crippen LogP contribution in [0.3, 0.4) is 0 Å². The summed E-state index contributed by atoms with van der Waals surface area (Å²) in [7, 11) is 1.63. The van der Waals surface area contributed by atoms with Crippen LogP contribution in [0.2, 0.25) is 0 Å². The summed E-state index contributed by atoms with van der Waals surface area (Å²) in [6.45, 7) is 0.439. The molecule has 0 amide bonds. The van der Waals surface area contributed by atoms with Crippen LogP contribution in [-0.2, 0) is 6.61 Å². The fourth-order valence-corrected chi connectivity index (χ4v) is 2.21. The highest BCUT2D eigenvalue weighted by Gasteiger charge is 2.06. The molecule has 102 valence electrons. The third-order valence-electron chi connectivity index (χ3n) is 3.21. The molecule has 20 heavy (non-hydrogen) atoms. The number of aromatic nitrogens is 1. The lowest BCUT2D eigenvalue weighted by molar-refractivity contribution is 0.281. The molecule has 0 unspecified atom stereocenters. The summed E-state index contributed by atoms with van der Waals surface area (Å²) in [6.07, 6.45) is 0. The van der Waals surface area contributed by atoms with Crippen molar-refractivity contribution in [1.29, 1.82) is 0 Å². The monoisotopic (exact) mass is 268 g/mol. The molecule has 4 nitrogen and oxygen atoms in total. The molecule has 0 bridgehead atoms. The Hall–Kier alpha value is -2.62. The second kappa shape index (κ2) is 5.17. The fraction of sp³-hybridized carbons (Fsp3) is 0.125. The second-order valence-corrected chi connectivity index (χ2v) is 4.54. The maximum Gasteiger partial charge on any atom is 0.161 e. The highest BCUT2D eigenvalue weighted by atomic mass is 16.5. The summed E-state index contributed by atoms with van der Waals surface area (Å²) in [5, 5.41) is 1.02. The predicted octanol–water partition coefficient (Wildman–Crippen LogP) is 3.34. The minimum Gasteiger partial charge on any atom is -0.493 e. The van der Waals surface area contributed by atoms with Crippen molar-refractivity contribution in [1.82, 2.24) is 4.98 Å². The number of para-hydroxylation sites is 2. The van der Waals surface area contributed by atoms with E-state index in [4.69, 9.17) is 15.2 Å². The number of nitrogens with one attached hydrogen (secondary N) is 1. The Balaban J connectivity index is 1.82. The van der Waals surface area contributed by atoms with Crippen LogP contribution in [0.25, 0.3) is 10.9 Å². The van der Waals surface area contributed by atoms with Gasteiger partial charge >= 0.3 is 0 Å². The molecular weight excluding hydrogens is 252 g/mol. The molecule has 0 saturated carbocycles. The Labute approximate surface area is 117 Å². The Morgan fingerprint density at radius 2 is 1.85 bits per heavy atom. The van der Waals surface area contributed by atoms with Crippen LogP contribution in [0.4, 0.5) is 5.69 Å². The Morgan fingerprint density at radius 3 is 2.60 bits per heavy atom. The molecule has 0 aliphatic rings. The molecular formula is C16H16N2O2. The first-order chi connectivity index (χ1) is 9.78. The lowest BCUT2D eigenvalue weighted by Gasteiger charge is -2.09. The van der Waals surface area contributed by atoms with E-state index in [1.165, 1.54) is 0 Å². The van der Waals surface area contributed by atoms with Crippen molar-refractivity contribution in [2.24, 2.45) is 0 Å². The third-order valence-corrected chi connectivity index (χ3v) is 3.21. The van der Waals surface area contributed by atoms with E-state index in [2.05, 4.69) is 4.98 Å². The molecule has 0 saturated heterocycles. The average molecular weight is 268 g/mol. The van der Waals surface area contributed by atoms with Crippen molar-refractivity contribution < 1.29 is 9.47 Å². The van der Waals surface area contributed by atoms with E-state index in [9.17, 15) is 0 Å². The largest absolute Gasteiger partial charge is 0.493 e. The highest BCUT2D eigenvalue weighted by molar-refractivity contribution is 5.91. The number of methoxy groups -OCH3 is 1. The molecule has 3 aromatic rings. The Kier molecular flexibility index (Phi) is 3.21. The number of hydrogen-bond donors (Lipinski definition) is 2. The molecule has 2 aromatic carbocycles. The van der Waals surface area contributed by atoms with Crippen molar-refractivity contribution in [3.63, 3.8) is 0 Å². The predicted molar refractivity (Wildman–Crippen MR) is 80.0 cm³/mol. The van der Waals surface area contributed by atoms with Crippen LogP contribution in [0.1, 0.15) is 5.69 Å². The number of ether oxygens (including phenoxy) is 2. The van der Waals surface area contributed by atoms with Crippen LogP contribution in [0, 0.1) is 0 Å². The number of benzene rings is 2. The van der Waals surface area contributed by atoms with Gasteiger partial charge in [0.25, 0.3) is 0 Å². The molecule has 0 spiro atoms. The summed E-state index contributed by atoms with van der Waals surface area (Å²) >= 11 is 0. The van der Waals surface area contributed by atoms with Gasteiger partial charge in [0.05, 0.1) is 12.8 Å². The van der Waals surface area contributed by atoms with Gasteiger partial charge < -0.3 is 20.2 Å². The van der Waals surface area contributed by atoms with Gasteiger partial charge in [-0.05, 0) is 30.3 Å². The molecule has 0 aliphatic carbocycles. The van der Waals surface area contributed by atoms with Crippen LogP contribution >= 0.6 is 0 Å². The molecule has 0 fully saturated rings. The number of nitrogens with two attached hydrogens (primary N) is 1. The number of nitrogen functional groups attached to an aromatic ring is 1. The third kappa shape index (κ3) is 2.28. The topological polar surface area (TPSA) is 60.3 Å². The minimum absolute atomic E-state index is 0.439. The number of fused-ring (bicyclic) bond motifs is 1. The summed E-state index contributed by atoms with van der Waals surface area (Å²) in [5.74, 6) is 1.45. The van der Waals surface area contributed by atoms with E-state index in [0.29, 0.717) is 6.61 Å². The number of anilines is 1. The first kappa shape index (κ1) is 12.4. The minimum atomic E-state index is 0.439. The van der Waals surface area contributed by atoms with Gasteiger partial charge in [-0.25, -0.2) is 0 Å². The number of aromatic amines is 1.